The normalized spacial score (nSPS) is 15.4. The van der Waals surface area contributed by atoms with Crippen molar-refractivity contribution >= 4 is 17.4 Å². The number of pyridine rings is 2. The fraction of sp³-hybridized carbons (Fsp3) is 0.333. The van der Waals surface area contributed by atoms with Crippen LogP contribution in [0.4, 0.5) is 5.82 Å². The van der Waals surface area contributed by atoms with Gasteiger partial charge in [-0.3, -0.25) is 9.36 Å². The highest BCUT2D eigenvalue weighted by molar-refractivity contribution is 6.30. The van der Waals surface area contributed by atoms with Crippen LogP contribution in [-0.2, 0) is 0 Å². The van der Waals surface area contributed by atoms with Crippen LogP contribution in [0.2, 0.25) is 5.02 Å². The molecule has 0 spiro atoms. The second kappa shape index (κ2) is 5.67. The van der Waals surface area contributed by atoms with Gasteiger partial charge in [0.25, 0.3) is 5.56 Å². The van der Waals surface area contributed by atoms with Crippen LogP contribution in [0.25, 0.3) is 5.69 Å². The minimum Gasteiger partial charge on any atom is -0.367 e. The molecule has 1 aliphatic carbocycles. The molecule has 2 aromatic rings. The molecule has 0 bridgehead atoms. The quantitative estimate of drug-likeness (QED) is 0.943. The van der Waals surface area contributed by atoms with Crippen molar-refractivity contribution in [1.82, 2.24) is 9.55 Å². The maximum Gasteiger partial charge on any atom is 0.256 e. The number of rotatable bonds is 3. The van der Waals surface area contributed by atoms with Gasteiger partial charge in [-0.05, 0) is 31.0 Å². The lowest BCUT2D eigenvalue weighted by Gasteiger charge is -2.13. The average molecular weight is 290 g/mol. The molecular weight excluding hydrogens is 274 g/mol. The van der Waals surface area contributed by atoms with Crippen molar-refractivity contribution in [2.75, 3.05) is 5.32 Å². The zero-order valence-corrected chi connectivity index (χ0v) is 11.8. The molecule has 0 atom stereocenters. The minimum absolute atomic E-state index is 0.157. The molecule has 0 saturated heterocycles. The number of anilines is 1. The molecule has 2 heterocycles. The van der Waals surface area contributed by atoms with Crippen LogP contribution in [0.15, 0.2) is 41.5 Å². The summed E-state index contributed by atoms with van der Waals surface area (Å²) in [6, 6.07) is 7.42. The van der Waals surface area contributed by atoms with E-state index in [2.05, 4.69) is 10.3 Å². The van der Waals surface area contributed by atoms with Crippen LogP contribution in [-0.4, -0.2) is 15.6 Å². The first-order chi connectivity index (χ1) is 9.72. The van der Waals surface area contributed by atoms with Crippen molar-refractivity contribution in [1.29, 1.82) is 0 Å². The minimum atomic E-state index is -0.157. The summed E-state index contributed by atoms with van der Waals surface area (Å²) in [6.45, 7) is 0. The molecule has 20 heavy (non-hydrogen) atoms. The van der Waals surface area contributed by atoms with Crippen molar-refractivity contribution in [3.05, 3.63) is 52.0 Å². The zero-order valence-electron chi connectivity index (χ0n) is 11.1. The van der Waals surface area contributed by atoms with Gasteiger partial charge in [0, 0.05) is 23.3 Å². The van der Waals surface area contributed by atoms with E-state index in [1.54, 1.807) is 18.5 Å². The zero-order chi connectivity index (χ0) is 13.9. The van der Waals surface area contributed by atoms with Crippen LogP contribution in [0.1, 0.15) is 25.7 Å². The van der Waals surface area contributed by atoms with E-state index in [0.717, 1.165) is 11.5 Å². The second-order valence-electron chi connectivity index (χ2n) is 5.08. The Balaban J connectivity index is 1.80. The Hall–Kier alpha value is -1.81. The fourth-order valence-electron chi connectivity index (χ4n) is 2.56. The van der Waals surface area contributed by atoms with Crippen molar-refractivity contribution < 1.29 is 0 Å². The Kier molecular flexibility index (Phi) is 3.74. The molecule has 0 radical (unpaired) electrons. The first-order valence-electron chi connectivity index (χ1n) is 6.83. The van der Waals surface area contributed by atoms with Gasteiger partial charge < -0.3 is 5.32 Å². The smallest absolute Gasteiger partial charge is 0.256 e. The summed E-state index contributed by atoms with van der Waals surface area (Å²) in [4.78, 5) is 16.2. The summed E-state index contributed by atoms with van der Waals surface area (Å²) in [5.41, 5.74) is 0.583. The third kappa shape index (κ3) is 2.85. The van der Waals surface area contributed by atoms with Gasteiger partial charge in [-0.15, -0.1) is 0 Å². The van der Waals surface area contributed by atoms with Gasteiger partial charge in [-0.2, -0.15) is 0 Å². The van der Waals surface area contributed by atoms with Crippen molar-refractivity contribution in [3.8, 4) is 5.69 Å². The number of hydrogen-bond donors (Lipinski definition) is 1. The van der Waals surface area contributed by atoms with E-state index in [1.165, 1.54) is 36.3 Å². The Morgan fingerprint density at radius 1 is 1.25 bits per heavy atom. The monoisotopic (exact) mass is 289 g/mol. The summed E-state index contributed by atoms with van der Waals surface area (Å²) < 4.78 is 1.53. The summed E-state index contributed by atoms with van der Waals surface area (Å²) in [6.07, 6.45) is 8.35. The van der Waals surface area contributed by atoms with E-state index in [-0.39, 0.29) is 5.56 Å². The van der Waals surface area contributed by atoms with Crippen LogP contribution in [0.3, 0.4) is 0 Å². The van der Waals surface area contributed by atoms with Crippen molar-refractivity contribution in [2.45, 2.75) is 31.7 Å². The van der Waals surface area contributed by atoms with E-state index >= 15 is 0 Å². The largest absolute Gasteiger partial charge is 0.367 e. The first kappa shape index (κ1) is 13.2. The molecule has 3 rings (SSSR count). The molecule has 0 aromatic carbocycles. The van der Waals surface area contributed by atoms with Gasteiger partial charge >= 0.3 is 0 Å². The predicted octanol–water partition coefficient (Wildman–Crippen LogP) is 3.24. The summed E-state index contributed by atoms with van der Waals surface area (Å²) >= 11 is 5.79. The van der Waals surface area contributed by atoms with Gasteiger partial charge in [-0.25, -0.2) is 4.98 Å². The lowest BCUT2D eigenvalue weighted by Crippen LogP contribution is -2.17. The lowest BCUT2D eigenvalue weighted by atomic mass is 10.2. The highest BCUT2D eigenvalue weighted by Crippen LogP contribution is 2.21. The average Bonchev–Trinajstić information content (AvgIpc) is 2.93. The molecule has 0 unspecified atom stereocenters. The Labute approximate surface area is 122 Å². The molecule has 1 fully saturated rings. The SMILES string of the molecule is O=c1cc(Cl)ccn1-c1ccc(NC2CCCC2)nc1. The number of nitrogens with zero attached hydrogens (tertiary/aromatic N) is 2. The van der Waals surface area contributed by atoms with Gasteiger partial charge in [0.2, 0.25) is 0 Å². The molecule has 104 valence electrons. The standard InChI is InChI=1S/C15H16ClN3O/c16-11-7-8-19(15(20)9-11)13-5-6-14(17-10-13)18-12-3-1-2-4-12/h5-10,12H,1-4H2,(H,17,18). The summed E-state index contributed by atoms with van der Waals surface area (Å²) in [5.74, 6) is 0.864. The van der Waals surface area contributed by atoms with E-state index in [1.807, 2.05) is 12.1 Å². The number of nitrogens with one attached hydrogen (secondary N) is 1. The van der Waals surface area contributed by atoms with Crippen LogP contribution in [0.5, 0.6) is 0 Å². The number of hydrogen-bond acceptors (Lipinski definition) is 3. The maximum atomic E-state index is 11.8. The first-order valence-corrected chi connectivity index (χ1v) is 7.21. The molecule has 1 saturated carbocycles. The van der Waals surface area contributed by atoms with Crippen LogP contribution in [0, 0.1) is 0 Å². The van der Waals surface area contributed by atoms with Gasteiger partial charge in [-0.1, -0.05) is 24.4 Å². The Morgan fingerprint density at radius 3 is 2.70 bits per heavy atom. The Bertz CT molecular complexity index is 645. The highest BCUT2D eigenvalue weighted by atomic mass is 35.5. The van der Waals surface area contributed by atoms with Crippen molar-refractivity contribution in [2.24, 2.45) is 0 Å². The topological polar surface area (TPSA) is 46.9 Å². The van der Waals surface area contributed by atoms with E-state index in [4.69, 9.17) is 11.6 Å². The number of halogens is 1. The second-order valence-corrected chi connectivity index (χ2v) is 5.52. The third-order valence-electron chi connectivity index (χ3n) is 3.61. The molecular formula is C15H16ClN3O. The third-order valence-corrected chi connectivity index (χ3v) is 3.85. The molecule has 0 aliphatic heterocycles. The van der Waals surface area contributed by atoms with Gasteiger partial charge in [0.05, 0.1) is 11.9 Å². The molecule has 1 N–H and O–H groups in total. The molecule has 1 aliphatic rings. The number of aromatic nitrogens is 2. The van der Waals surface area contributed by atoms with Crippen LogP contribution < -0.4 is 10.9 Å². The van der Waals surface area contributed by atoms with E-state index < -0.39 is 0 Å². The molecule has 5 heteroatoms. The predicted molar refractivity (Wildman–Crippen MR) is 80.7 cm³/mol. The highest BCUT2D eigenvalue weighted by Gasteiger charge is 2.14. The van der Waals surface area contributed by atoms with Crippen LogP contribution >= 0.6 is 11.6 Å². The van der Waals surface area contributed by atoms with Gasteiger partial charge in [0.15, 0.2) is 0 Å². The lowest BCUT2D eigenvalue weighted by molar-refractivity contribution is 0.750. The fourth-order valence-corrected chi connectivity index (χ4v) is 2.71. The summed E-state index contributed by atoms with van der Waals surface area (Å²) in [7, 11) is 0. The van der Waals surface area contributed by atoms with E-state index in [0.29, 0.717) is 11.1 Å². The van der Waals surface area contributed by atoms with Crippen molar-refractivity contribution in [3.63, 3.8) is 0 Å². The van der Waals surface area contributed by atoms with Gasteiger partial charge in [0.1, 0.15) is 5.82 Å². The molecule has 0 amide bonds. The maximum absolute atomic E-state index is 11.8. The molecule has 4 nitrogen and oxygen atoms in total. The summed E-state index contributed by atoms with van der Waals surface area (Å²) in [5, 5.41) is 3.87. The Morgan fingerprint density at radius 2 is 2.05 bits per heavy atom. The molecule has 2 aromatic heterocycles. The van der Waals surface area contributed by atoms with E-state index in [9.17, 15) is 4.79 Å².